The van der Waals surface area contributed by atoms with Gasteiger partial charge in [0.2, 0.25) is 5.95 Å². The van der Waals surface area contributed by atoms with Crippen molar-refractivity contribution in [1.82, 2.24) is 14.9 Å². The van der Waals surface area contributed by atoms with Gasteiger partial charge in [-0.15, -0.1) is 0 Å². The van der Waals surface area contributed by atoms with Crippen LogP contribution in [0.1, 0.15) is 65.7 Å². The SMILES string of the molecule is COc1cc(Nc2nc(N[C@H]3CCCC[C@@H]3N)[nH]c(=O)c2C(N)=O)ccc1C(=O)N1CCCCC1. The van der Waals surface area contributed by atoms with Gasteiger partial charge in [0.1, 0.15) is 11.3 Å². The lowest BCUT2D eigenvalue weighted by Gasteiger charge is -2.29. The van der Waals surface area contributed by atoms with Gasteiger partial charge >= 0.3 is 0 Å². The quantitative estimate of drug-likeness (QED) is 0.398. The number of methoxy groups -OCH3 is 1. The average Bonchev–Trinajstić information content (AvgIpc) is 2.85. The number of hydrogen-bond acceptors (Lipinski definition) is 8. The van der Waals surface area contributed by atoms with Gasteiger partial charge in [-0.2, -0.15) is 4.98 Å². The standard InChI is InChI=1S/C24H33N7O4/c1-35-18-13-14(9-10-15(18)23(34)31-11-5-2-6-12-31)27-21-19(20(26)32)22(33)30-24(29-21)28-17-8-4-3-7-16(17)25/h9-10,13,16-17H,2-8,11-12,25H2,1H3,(H2,26,32)(H3,27,28,29,30,33)/t16-,17-/m0/s1. The molecule has 2 amide bonds. The van der Waals surface area contributed by atoms with Crippen molar-refractivity contribution < 1.29 is 14.3 Å². The number of hydrogen-bond donors (Lipinski definition) is 5. The predicted molar refractivity (Wildman–Crippen MR) is 133 cm³/mol. The smallest absolute Gasteiger partial charge is 0.267 e. The van der Waals surface area contributed by atoms with E-state index in [9.17, 15) is 14.4 Å². The van der Waals surface area contributed by atoms with E-state index in [1.54, 1.807) is 18.2 Å². The number of primary amides is 1. The molecule has 1 aromatic carbocycles. The molecular weight excluding hydrogens is 450 g/mol. The van der Waals surface area contributed by atoms with Crippen LogP contribution in [0.15, 0.2) is 23.0 Å². The van der Waals surface area contributed by atoms with E-state index in [-0.39, 0.29) is 35.3 Å². The normalized spacial score (nSPS) is 20.2. The number of amides is 2. The fourth-order valence-electron chi connectivity index (χ4n) is 4.72. The van der Waals surface area contributed by atoms with Crippen LogP contribution in [-0.4, -0.2) is 59.0 Å². The van der Waals surface area contributed by atoms with Crippen molar-refractivity contribution in [3.05, 3.63) is 39.7 Å². The van der Waals surface area contributed by atoms with Crippen LogP contribution in [0.3, 0.4) is 0 Å². The number of rotatable bonds is 7. The van der Waals surface area contributed by atoms with Gasteiger partial charge in [0.15, 0.2) is 5.82 Å². The second kappa shape index (κ2) is 10.8. The molecule has 1 aromatic heterocycles. The molecule has 2 aliphatic rings. The van der Waals surface area contributed by atoms with Crippen LogP contribution < -0.4 is 32.4 Å². The summed E-state index contributed by atoms with van der Waals surface area (Å²) in [5.41, 5.74) is 11.7. The summed E-state index contributed by atoms with van der Waals surface area (Å²) >= 11 is 0. The summed E-state index contributed by atoms with van der Waals surface area (Å²) in [6.07, 6.45) is 6.93. The lowest BCUT2D eigenvalue weighted by molar-refractivity contribution is 0.0721. The number of nitrogens with zero attached hydrogens (tertiary/aromatic N) is 2. The molecule has 7 N–H and O–H groups in total. The number of carbonyl (C=O) groups excluding carboxylic acids is 2. The van der Waals surface area contributed by atoms with Gasteiger partial charge in [0, 0.05) is 36.9 Å². The lowest BCUT2D eigenvalue weighted by Crippen LogP contribution is -2.43. The van der Waals surface area contributed by atoms with Crippen molar-refractivity contribution in [2.24, 2.45) is 11.5 Å². The summed E-state index contributed by atoms with van der Waals surface area (Å²) < 4.78 is 5.48. The number of carbonyl (C=O) groups is 2. The van der Waals surface area contributed by atoms with Crippen molar-refractivity contribution in [3.63, 3.8) is 0 Å². The van der Waals surface area contributed by atoms with Crippen LogP contribution in [0, 0.1) is 0 Å². The first-order chi connectivity index (χ1) is 16.9. The summed E-state index contributed by atoms with van der Waals surface area (Å²) in [5.74, 6) is -0.414. The van der Waals surface area contributed by atoms with E-state index in [1.807, 2.05) is 4.90 Å². The van der Waals surface area contributed by atoms with Crippen LogP contribution >= 0.6 is 0 Å². The predicted octanol–water partition coefficient (Wildman–Crippen LogP) is 1.93. The fourth-order valence-corrected chi connectivity index (χ4v) is 4.72. The highest BCUT2D eigenvalue weighted by atomic mass is 16.5. The van der Waals surface area contributed by atoms with Crippen molar-refractivity contribution in [3.8, 4) is 5.75 Å². The highest BCUT2D eigenvalue weighted by molar-refractivity contribution is 5.99. The number of benzene rings is 1. The molecule has 0 bridgehead atoms. The first-order valence-corrected chi connectivity index (χ1v) is 12.1. The number of ether oxygens (including phenoxy) is 1. The van der Waals surface area contributed by atoms with Crippen LogP contribution in [0.25, 0.3) is 0 Å². The maximum atomic E-state index is 13.0. The molecule has 0 unspecified atom stereocenters. The second-order valence-electron chi connectivity index (χ2n) is 9.09. The van der Waals surface area contributed by atoms with E-state index >= 15 is 0 Å². The summed E-state index contributed by atoms with van der Waals surface area (Å²) in [6.45, 7) is 1.45. The Balaban J connectivity index is 1.61. The molecule has 35 heavy (non-hydrogen) atoms. The third kappa shape index (κ3) is 5.56. The molecule has 11 nitrogen and oxygen atoms in total. The molecule has 188 valence electrons. The summed E-state index contributed by atoms with van der Waals surface area (Å²) in [5, 5.41) is 6.18. The van der Waals surface area contributed by atoms with E-state index < -0.39 is 11.5 Å². The molecule has 0 radical (unpaired) electrons. The number of aromatic amines is 1. The Morgan fingerprint density at radius 2 is 1.89 bits per heavy atom. The number of aromatic nitrogens is 2. The molecule has 4 rings (SSSR count). The Labute approximate surface area is 203 Å². The first kappa shape index (κ1) is 24.5. The minimum absolute atomic E-state index is 0.00490. The molecular formula is C24H33N7O4. The van der Waals surface area contributed by atoms with Gasteiger partial charge in [0.05, 0.1) is 12.7 Å². The van der Waals surface area contributed by atoms with Gasteiger partial charge < -0.3 is 31.7 Å². The Bertz CT molecular complexity index is 1140. The Hall–Kier alpha value is -3.60. The number of likely N-dealkylation sites (tertiary alicyclic amines) is 1. The molecule has 1 saturated carbocycles. The number of piperidine rings is 1. The minimum Gasteiger partial charge on any atom is -0.496 e. The first-order valence-electron chi connectivity index (χ1n) is 12.1. The summed E-state index contributed by atoms with van der Waals surface area (Å²) in [6, 6.07) is 4.87. The number of H-pyrrole nitrogens is 1. The third-order valence-electron chi connectivity index (χ3n) is 6.65. The Kier molecular flexibility index (Phi) is 7.54. The monoisotopic (exact) mass is 483 g/mol. The number of anilines is 3. The zero-order valence-electron chi connectivity index (χ0n) is 19.9. The summed E-state index contributed by atoms with van der Waals surface area (Å²) in [4.78, 5) is 46.5. The molecule has 0 spiro atoms. The number of nitrogens with one attached hydrogen (secondary N) is 3. The minimum atomic E-state index is -0.911. The molecule has 2 aromatic rings. The van der Waals surface area contributed by atoms with E-state index in [0.29, 0.717) is 17.0 Å². The number of nitrogens with two attached hydrogens (primary N) is 2. The van der Waals surface area contributed by atoms with E-state index in [2.05, 4.69) is 20.6 Å². The zero-order valence-corrected chi connectivity index (χ0v) is 19.9. The Morgan fingerprint density at radius 1 is 1.14 bits per heavy atom. The van der Waals surface area contributed by atoms with Gasteiger partial charge in [-0.1, -0.05) is 12.8 Å². The van der Waals surface area contributed by atoms with Crippen LogP contribution in [0.5, 0.6) is 5.75 Å². The zero-order chi connectivity index (χ0) is 24.9. The van der Waals surface area contributed by atoms with Gasteiger partial charge in [-0.25, -0.2) is 0 Å². The van der Waals surface area contributed by atoms with E-state index in [0.717, 1.165) is 58.0 Å². The molecule has 1 aliphatic carbocycles. The third-order valence-corrected chi connectivity index (χ3v) is 6.65. The topological polar surface area (TPSA) is 168 Å². The molecule has 11 heteroatoms. The molecule has 1 aliphatic heterocycles. The van der Waals surface area contributed by atoms with Crippen molar-refractivity contribution in [1.29, 1.82) is 0 Å². The maximum Gasteiger partial charge on any atom is 0.267 e. The molecule has 2 fully saturated rings. The molecule has 2 heterocycles. The van der Waals surface area contributed by atoms with Crippen LogP contribution in [0.4, 0.5) is 17.5 Å². The highest BCUT2D eigenvalue weighted by Gasteiger charge is 2.25. The lowest BCUT2D eigenvalue weighted by atomic mass is 9.91. The van der Waals surface area contributed by atoms with Crippen LogP contribution in [0.2, 0.25) is 0 Å². The van der Waals surface area contributed by atoms with Gasteiger partial charge in [-0.3, -0.25) is 19.4 Å². The van der Waals surface area contributed by atoms with Gasteiger partial charge in [0.25, 0.3) is 17.4 Å². The molecule has 1 saturated heterocycles. The maximum absolute atomic E-state index is 13.0. The van der Waals surface area contributed by atoms with Crippen molar-refractivity contribution >= 4 is 29.3 Å². The van der Waals surface area contributed by atoms with Crippen LogP contribution in [-0.2, 0) is 0 Å². The fraction of sp³-hybridized carbons (Fsp3) is 0.500. The highest BCUT2D eigenvalue weighted by Crippen LogP contribution is 2.28. The average molecular weight is 484 g/mol. The Morgan fingerprint density at radius 3 is 2.57 bits per heavy atom. The molecule has 2 atom stereocenters. The van der Waals surface area contributed by atoms with Crippen molar-refractivity contribution in [2.75, 3.05) is 30.8 Å². The van der Waals surface area contributed by atoms with Crippen molar-refractivity contribution in [2.45, 2.75) is 57.0 Å². The van der Waals surface area contributed by atoms with E-state index in [1.165, 1.54) is 7.11 Å². The largest absolute Gasteiger partial charge is 0.496 e. The summed E-state index contributed by atoms with van der Waals surface area (Å²) in [7, 11) is 1.49. The van der Waals surface area contributed by atoms with E-state index in [4.69, 9.17) is 16.2 Å². The van der Waals surface area contributed by atoms with Gasteiger partial charge in [-0.05, 0) is 44.2 Å². The second-order valence-corrected chi connectivity index (χ2v) is 9.09.